The average Bonchev–Trinajstić information content (AvgIpc) is 3.76. The third-order valence-electron chi connectivity index (χ3n) is 9.15. The first kappa shape index (κ1) is 18.9. The predicted molar refractivity (Wildman–Crippen MR) is 163 cm³/mol. The van der Waals surface area contributed by atoms with Crippen molar-refractivity contribution in [1.82, 2.24) is 8.80 Å². The van der Waals surface area contributed by atoms with Crippen molar-refractivity contribution >= 4 is 98.1 Å². The van der Waals surface area contributed by atoms with Crippen molar-refractivity contribution in [3.8, 4) is 0 Å². The van der Waals surface area contributed by atoms with Crippen LogP contribution in [0.1, 0.15) is 0 Å². The minimum Gasteiger partial charge on any atom is -0.456 e. The van der Waals surface area contributed by atoms with Gasteiger partial charge in [-0.1, -0.05) is 72.8 Å². The quantitative estimate of drug-likeness (QED) is 0.206. The Bertz CT molecular complexity index is 2820. The summed E-state index contributed by atoms with van der Waals surface area (Å²) in [7, 11) is 0. The highest BCUT2D eigenvalue weighted by Gasteiger charge is 2.26. The van der Waals surface area contributed by atoms with Crippen LogP contribution in [-0.4, -0.2) is 8.80 Å². The van der Waals surface area contributed by atoms with Crippen molar-refractivity contribution < 1.29 is 4.42 Å². The van der Waals surface area contributed by atoms with E-state index >= 15 is 0 Å². The van der Waals surface area contributed by atoms with E-state index in [1.165, 1.54) is 87.0 Å². The maximum atomic E-state index is 6.36. The highest BCUT2D eigenvalue weighted by molar-refractivity contribution is 6.39. The van der Waals surface area contributed by atoms with E-state index in [1.807, 2.05) is 0 Å². The van der Waals surface area contributed by atoms with Crippen LogP contribution in [0.2, 0.25) is 0 Å². The Morgan fingerprint density at radius 1 is 0.359 bits per heavy atom. The average molecular weight is 495 g/mol. The molecule has 0 amide bonds. The lowest BCUT2D eigenvalue weighted by atomic mass is 10.0. The Balaban J connectivity index is 1.55. The van der Waals surface area contributed by atoms with Crippen molar-refractivity contribution in [3.63, 3.8) is 0 Å². The van der Waals surface area contributed by atoms with E-state index in [9.17, 15) is 0 Å². The van der Waals surface area contributed by atoms with Gasteiger partial charge in [0.05, 0.1) is 38.5 Å². The van der Waals surface area contributed by atoms with Gasteiger partial charge in [-0.15, -0.1) is 0 Å². The summed E-state index contributed by atoms with van der Waals surface area (Å²) in [6.07, 6.45) is 0. The molecule has 11 aromatic rings. The maximum absolute atomic E-state index is 6.36. The normalized spacial score (nSPS) is 13.1. The Morgan fingerprint density at radius 2 is 1.03 bits per heavy atom. The summed E-state index contributed by atoms with van der Waals surface area (Å²) in [4.78, 5) is 0. The van der Waals surface area contributed by atoms with Gasteiger partial charge in [0.25, 0.3) is 0 Å². The Hall–Kier alpha value is -5.28. The molecule has 6 aromatic carbocycles. The van der Waals surface area contributed by atoms with Crippen molar-refractivity contribution in [3.05, 3.63) is 109 Å². The molecule has 0 saturated carbocycles. The molecule has 0 fully saturated rings. The number of aromatic nitrogens is 2. The van der Waals surface area contributed by atoms with Crippen LogP contribution < -0.4 is 0 Å². The Kier molecular flexibility index (Phi) is 2.93. The molecule has 39 heavy (non-hydrogen) atoms. The SMILES string of the molecule is c1ccc2c(c1)oc1ccc3c4cccc5c6c7c8ccccc8n8c9ccccc9c(cc6n(c45)c3c12)c78. The fraction of sp³-hybridized carbons (Fsp3) is 0. The van der Waals surface area contributed by atoms with Gasteiger partial charge in [-0.3, -0.25) is 0 Å². The summed E-state index contributed by atoms with van der Waals surface area (Å²) in [6.45, 7) is 0. The second-order valence-electron chi connectivity index (χ2n) is 10.9. The zero-order valence-corrected chi connectivity index (χ0v) is 20.7. The van der Waals surface area contributed by atoms with Gasteiger partial charge in [0.2, 0.25) is 0 Å². The number of rotatable bonds is 0. The summed E-state index contributed by atoms with van der Waals surface area (Å²) in [5, 5.41) is 12.8. The minimum atomic E-state index is 0.933. The van der Waals surface area contributed by atoms with Gasteiger partial charge in [0, 0.05) is 48.5 Å². The van der Waals surface area contributed by atoms with Crippen LogP contribution in [0.3, 0.4) is 0 Å². The lowest BCUT2D eigenvalue weighted by Crippen LogP contribution is -1.83. The summed E-state index contributed by atoms with van der Waals surface area (Å²) >= 11 is 0. The molecule has 0 aliphatic heterocycles. The zero-order valence-electron chi connectivity index (χ0n) is 20.7. The molecular formula is C36H18N2O. The van der Waals surface area contributed by atoms with Crippen molar-refractivity contribution in [1.29, 1.82) is 0 Å². The number of nitrogens with zero attached hydrogens (tertiary/aromatic N) is 2. The van der Waals surface area contributed by atoms with E-state index in [2.05, 4.69) is 118 Å². The van der Waals surface area contributed by atoms with Gasteiger partial charge in [-0.25, -0.2) is 0 Å². The molecule has 0 unspecified atom stereocenters. The zero-order chi connectivity index (χ0) is 25.0. The van der Waals surface area contributed by atoms with Crippen molar-refractivity contribution in [2.75, 3.05) is 0 Å². The second-order valence-corrected chi connectivity index (χ2v) is 10.9. The van der Waals surface area contributed by atoms with Crippen LogP contribution in [0, 0.1) is 0 Å². The number of benzene rings is 6. The highest BCUT2D eigenvalue weighted by atomic mass is 16.3. The van der Waals surface area contributed by atoms with Gasteiger partial charge in [-0.2, -0.15) is 0 Å². The molecule has 0 spiro atoms. The topological polar surface area (TPSA) is 22.0 Å². The van der Waals surface area contributed by atoms with E-state index in [-0.39, 0.29) is 0 Å². The number of fused-ring (bicyclic) bond motifs is 17. The lowest BCUT2D eigenvalue weighted by Gasteiger charge is -2.03. The first-order valence-electron chi connectivity index (χ1n) is 13.5. The molecule has 0 atom stereocenters. The Labute approximate surface area is 220 Å². The van der Waals surface area contributed by atoms with Crippen LogP contribution in [-0.2, 0) is 0 Å². The van der Waals surface area contributed by atoms with Crippen molar-refractivity contribution in [2.45, 2.75) is 0 Å². The monoisotopic (exact) mass is 494 g/mol. The molecule has 0 bridgehead atoms. The van der Waals surface area contributed by atoms with Gasteiger partial charge in [0.1, 0.15) is 11.2 Å². The van der Waals surface area contributed by atoms with E-state index in [1.54, 1.807) is 0 Å². The number of furan rings is 1. The molecule has 3 nitrogen and oxygen atoms in total. The summed E-state index contributed by atoms with van der Waals surface area (Å²) in [5.74, 6) is 0. The lowest BCUT2D eigenvalue weighted by molar-refractivity contribution is 0.669. The number of hydrogen-bond donors (Lipinski definition) is 0. The van der Waals surface area contributed by atoms with Gasteiger partial charge < -0.3 is 13.2 Å². The molecule has 0 aliphatic rings. The molecule has 3 heteroatoms. The Morgan fingerprint density at radius 3 is 1.92 bits per heavy atom. The van der Waals surface area contributed by atoms with E-state index in [0.29, 0.717) is 0 Å². The van der Waals surface area contributed by atoms with E-state index < -0.39 is 0 Å². The fourth-order valence-electron chi connectivity index (χ4n) is 7.76. The van der Waals surface area contributed by atoms with Gasteiger partial charge in [0.15, 0.2) is 0 Å². The third kappa shape index (κ3) is 1.92. The number of hydrogen-bond acceptors (Lipinski definition) is 1. The van der Waals surface area contributed by atoms with Gasteiger partial charge in [-0.05, 0) is 36.4 Å². The molecule has 178 valence electrons. The van der Waals surface area contributed by atoms with Crippen molar-refractivity contribution in [2.24, 2.45) is 0 Å². The fourth-order valence-corrected chi connectivity index (χ4v) is 7.76. The molecule has 5 heterocycles. The standard InChI is InChI=1S/C36H18N2O/c1-4-13-26-19(8-1)25-18-28-31(33-22-9-2-5-14-27(22)37(26)36(25)33)24-12-7-11-20-21-16-17-30-32(35(21)38(28)34(20)24)23-10-3-6-15-29(23)39-30/h1-18H. The second kappa shape index (κ2) is 6.06. The summed E-state index contributed by atoms with van der Waals surface area (Å²) in [6, 6.07) is 39.8. The molecule has 0 saturated heterocycles. The first-order valence-corrected chi connectivity index (χ1v) is 13.5. The maximum Gasteiger partial charge on any atom is 0.137 e. The van der Waals surface area contributed by atoms with E-state index in [0.717, 1.165) is 11.2 Å². The molecule has 5 aromatic heterocycles. The molecule has 0 radical (unpaired) electrons. The van der Waals surface area contributed by atoms with Gasteiger partial charge >= 0.3 is 0 Å². The predicted octanol–water partition coefficient (Wildman–Crippen LogP) is 9.89. The molecule has 0 aliphatic carbocycles. The first-order chi connectivity index (χ1) is 19.4. The van der Waals surface area contributed by atoms with Crippen LogP contribution >= 0.6 is 0 Å². The summed E-state index contributed by atoms with van der Waals surface area (Å²) in [5.41, 5.74) is 9.51. The van der Waals surface area contributed by atoms with Crippen LogP contribution in [0.4, 0.5) is 0 Å². The molecular weight excluding hydrogens is 476 g/mol. The highest BCUT2D eigenvalue weighted by Crippen LogP contribution is 2.49. The molecule has 11 rings (SSSR count). The smallest absolute Gasteiger partial charge is 0.137 e. The van der Waals surface area contributed by atoms with Crippen LogP contribution in [0.15, 0.2) is 114 Å². The minimum absolute atomic E-state index is 0.933. The van der Waals surface area contributed by atoms with Crippen LogP contribution in [0.25, 0.3) is 98.1 Å². The van der Waals surface area contributed by atoms with E-state index in [4.69, 9.17) is 4.42 Å². The van der Waals surface area contributed by atoms with Crippen LogP contribution in [0.5, 0.6) is 0 Å². The number of para-hydroxylation sites is 4. The summed E-state index contributed by atoms with van der Waals surface area (Å²) < 4.78 is 11.4. The largest absolute Gasteiger partial charge is 0.456 e. The third-order valence-corrected chi connectivity index (χ3v) is 9.15. The molecule has 0 N–H and O–H groups in total.